The van der Waals surface area contributed by atoms with Crippen LogP contribution in [0.25, 0.3) is 5.76 Å². The predicted molar refractivity (Wildman–Crippen MR) is 113 cm³/mol. The average Bonchev–Trinajstić information content (AvgIpc) is 2.78. The maximum absolute atomic E-state index is 13.3. The number of aliphatic hydroxyl groups excluding tert-OH is 1. The van der Waals surface area contributed by atoms with Gasteiger partial charge in [-0.25, -0.2) is 9.18 Å². The highest BCUT2D eigenvalue weighted by molar-refractivity contribution is 6.01. The van der Waals surface area contributed by atoms with Crippen molar-refractivity contribution < 1.29 is 33.7 Å². The number of aliphatic hydroxyl groups is 1. The number of pyridine rings is 1. The summed E-state index contributed by atoms with van der Waals surface area (Å²) in [6.45, 7) is 2.35. The summed E-state index contributed by atoms with van der Waals surface area (Å²) in [6, 6.07) is 5.68. The van der Waals surface area contributed by atoms with Gasteiger partial charge >= 0.3 is 5.97 Å². The number of amides is 2. The normalized spacial score (nSPS) is 18.2. The van der Waals surface area contributed by atoms with Gasteiger partial charge in [-0.3, -0.25) is 14.6 Å². The van der Waals surface area contributed by atoms with Crippen LogP contribution < -0.4 is 15.0 Å². The van der Waals surface area contributed by atoms with E-state index in [0.717, 1.165) is 4.90 Å². The smallest absolute Gasteiger partial charge is 0.349 e. The van der Waals surface area contributed by atoms with Crippen molar-refractivity contribution >= 4 is 29.7 Å². The van der Waals surface area contributed by atoms with E-state index in [9.17, 15) is 29.0 Å². The Morgan fingerprint density at radius 1 is 1.31 bits per heavy atom. The molecule has 3 rings (SSSR count). The van der Waals surface area contributed by atoms with Crippen molar-refractivity contribution in [3.8, 4) is 5.75 Å². The van der Waals surface area contributed by atoms with Crippen molar-refractivity contribution in [2.45, 2.75) is 25.9 Å². The number of nitrogens with zero attached hydrogens (tertiary/aromatic N) is 2. The second-order valence-electron chi connectivity index (χ2n) is 7.54. The van der Waals surface area contributed by atoms with Gasteiger partial charge in [0.25, 0.3) is 0 Å². The number of fused-ring (bicyclic) bond motifs is 1. The Balaban J connectivity index is 2.24. The Kier molecular flexibility index (Phi) is 6.15. The fourth-order valence-corrected chi connectivity index (χ4v) is 3.36. The van der Waals surface area contributed by atoms with Gasteiger partial charge in [0, 0.05) is 25.2 Å². The van der Waals surface area contributed by atoms with Crippen LogP contribution in [0.5, 0.6) is 5.75 Å². The summed E-state index contributed by atoms with van der Waals surface area (Å²) in [5.41, 5.74) is -0.777. The predicted octanol–water partition coefficient (Wildman–Crippen LogP) is 2.04. The molecule has 0 radical (unpaired) electrons. The zero-order valence-electron chi connectivity index (χ0n) is 17.7. The van der Waals surface area contributed by atoms with Crippen LogP contribution >= 0.6 is 0 Å². The molecule has 9 nitrogen and oxygen atoms in total. The average molecular weight is 443 g/mol. The topological polar surface area (TPSA) is 129 Å². The third-order valence-corrected chi connectivity index (χ3v) is 5.20. The molecule has 10 heteroatoms. The Hall–Kier alpha value is -3.95. The van der Waals surface area contributed by atoms with Gasteiger partial charge < -0.3 is 25.2 Å². The summed E-state index contributed by atoms with van der Waals surface area (Å²) in [6.07, 6.45) is 1.97. The molecule has 0 saturated carbocycles. The van der Waals surface area contributed by atoms with E-state index in [0.29, 0.717) is 17.5 Å². The SMILES string of the molecule is CNC(=O)/C(C)=C(\O)c1ncc(Cc2ccc(F)cc2)c2c1N(C=O)C[C@](C)(C(=O)O)O2. The van der Waals surface area contributed by atoms with Crippen molar-refractivity contribution in [2.24, 2.45) is 0 Å². The van der Waals surface area contributed by atoms with Crippen LogP contribution in [0.1, 0.15) is 30.7 Å². The number of ether oxygens (including phenoxy) is 1. The molecule has 1 atom stereocenters. The highest BCUT2D eigenvalue weighted by Crippen LogP contribution is 2.43. The van der Waals surface area contributed by atoms with Crippen molar-refractivity contribution in [1.82, 2.24) is 10.3 Å². The fourth-order valence-electron chi connectivity index (χ4n) is 3.36. The second-order valence-corrected chi connectivity index (χ2v) is 7.54. The lowest BCUT2D eigenvalue weighted by molar-refractivity contribution is -0.153. The molecule has 2 heterocycles. The van der Waals surface area contributed by atoms with E-state index in [1.807, 2.05) is 0 Å². The summed E-state index contributed by atoms with van der Waals surface area (Å²) in [5, 5.41) is 22.8. The number of hydrogen-bond acceptors (Lipinski definition) is 6. The molecular formula is C22H22FN3O6. The summed E-state index contributed by atoms with van der Waals surface area (Å²) in [4.78, 5) is 41.1. The second kappa shape index (κ2) is 8.66. The number of carboxylic acids is 1. The first-order chi connectivity index (χ1) is 15.1. The van der Waals surface area contributed by atoms with Crippen LogP contribution in [-0.2, 0) is 20.8 Å². The number of aromatic nitrogens is 1. The number of benzene rings is 1. The maximum Gasteiger partial charge on any atom is 0.349 e. The standard InChI is InChI=1S/C22H22FN3O6/c1-12(20(29)24-3)18(28)16-17-19(32-22(2,21(30)31)10-26(17)11-27)14(9-25-16)8-13-4-6-15(23)7-5-13/h4-7,9,11,28H,8,10H2,1-3H3,(H,24,29)(H,30,31)/b18-12-/t22-/m1/s1. The minimum atomic E-state index is -1.76. The number of nitrogens with one attached hydrogen (secondary N) is 1. The van der Waals surface area contributed by atoms with Gasteiger partial charge in [0.1, 0.15) is 17.2 Å². The van der Waals surface area contributed by atoms with Crippen molar-refractivity contribution in [3.63, 3.8) is 0 Å². The maximum atomic E-state index is 13.3. The van der Waals surface area contributed by atoms with Crippen LogP contribution in [0, 0.1) is 5.82 Å². The Labute approximate surface area is 183 Å². The highest BCUT2D eigenvalue weighted by atomic mass is 19.1. The van der Waals surface area contributed by atoms with Crippen LogP contribution in [0.3, 0.4) is 0 Å². The van der Waals surface area contributed by atoms with E-state index < -0.39 is 29.1 Å². The first-order valence-electron chi connectivity index (χ1n) is 9.64. The number of rotatable bonds is 6. The van der Waals surface area contributed by atoms with Crippen molar-refractivity contribution in [1.29, 1.82) is 0 Å². The summed E-state index contributed by atoms with van der Waals surface area (Å²) in [7, 11) is 1.40. The quantitative estimate of drug-likeness (QED) is 0.354. The molecule has 168 valence electrons. The largest absolute Gasteiger partial charge is 0.505 e. The Bertz CT molecular complexity index is 1120. The number of carbonyl (C=O) groups excluding carboxylic acids is 2. The number of carbonyl (C=O) groups is 3. The molecule has 0 unspecified atom stereocenters. The molecule has 0 bridgehead atoms. The fraction of sp³-hybridized carbons (Fsp3) is 0.273. The highest BCUT2D eigenvalue weighted by Gasteiger charge is 2.45. The van der Waals surface area contributed by atoms with Crippen LogP contribution in [-0.4, -0.2) is 52.7 Å². The zero-order chi connectivity index (χ0) is 23.6. The van der Waals surface area contributed by atoms with E-state index in [1.54, 1.807) is 12.1 Å². The molecule has 0 fully saturated rings. The molecule has 3 N–H and O–H groups in total. The van der Waals surface area contributed by atoms with Crippen LogP contribution in [0.2, 0.25) is 0 Å². The molecule has 1 aromatic heterocycles. The molecule has 1 aliphatic rings. The van der Waals surface area contributed by atoms with E-state index in [-0.39, 0.29) is 35.7 Å². The Morgan fingerprint density at radius 3 is 2.53 bits per heavy atom. The van der Waals surface area contributed by atoms with Gasteiger partial charge in [-0.1, -0.05) is 12.1 Å². The van der Waals surface area contributed by atoms with Crippen LogP contribution in [0.4, 0.5) is 10.1 Å². The number of aliphatic carboxylic acids is 1. The number of hydrogen-bond donors (Lipinski definition) is 3. The van der Waals surface area contributed by atoms with Gasteiger partial charge in [0.15, 0.2) is 11.5 Å². The molecule has 2 aromatic rings. The number of carboxylic acid groups (broad SMARTS) is 1. The number of likely N-dealkylation sites (N-methyl/N-ethyl adjacent to an activating group) is 1. The summed E-state index contributed by atoms with van der Waals surface area (Å²) in [5.74, 6) is -2.71. The lowest BCUT2D eigenvalue weighted by Crippen LogP contribution is -2.54. The molecule has 0 spiro atoms. The molecule has 32 heavy (non-hydrogen) atoms. The summed E-state index contributed by atoms with van der Waals surface area (Å²) >= 11 is 0. The van der Waals surface area contributed by atoms with Gasteiger partial charge in [-0.2, -0.15) is 0 Å². The zero-order valence-corrected chi connectivity index (χ0v) is 17.7. The number of halogens is 1. The lowest BCUT2D eigenvalue weighted by Gasteiger charge is -2.39. The molecule has 0 aliphatic carbocycles. The van der Waals surface area contributed by atoms with E-state index in [1.165, 1.54) is 39.2 Å². The van der Waals surface area contributed by atoms with Gasteiger partial charge in [0.2, 0.25) is 17.9 Å². The van der Waals surface area contributed by atoms with Crippen molar-refractivity contribution in [3.05, 3.63) is 58.7 Å². The minimum absolute atomic E-state index is 0.0267. The Morgan fingerprint density at radius 2 is 1.97 bits per heavy atom. The third kappa shape index (κ3) is 4.11. The van der Waals surface area contributed by atoms with Gasteiger partial charge in [-0.05, 0) is 31.5 Å². The van der Waals surface area contributed by atoms with Crippen molar-refractivity contribution in [2.75, 3.05) is 18.5 Å². The van der Waals surface area contributed by atoms with E-state index in [4.69, 9.17) is 4.74 Å². The van der Waals surface area contributed by atoms with Crippen LogP contribution in [0.15, 0.2) is 36.0 Å². The monoisotopic (exact) mass is 443 g/mol. The van der Waals surface area contributed by atoms with E-state index >= 15 is 0 Å². The lowest BCUT2D eigenvalue weighted by atomic mass is 9.98. The first kappa shape index (κ1) is 22.7. The first-order valence-corrected chi connectivity index (χ1v) is 9.64. The molecule has 1 aromatic carbocycles. The summed E-state index contributed by atoms with van der Waals surface area (Å²) < 4.78 is 19.1. The van der Waals surface area contributed by atoms with Gasteiger partial charge in [0.05, 0.1) is 12.1 Å². The van der Waals surface area contributed by atoms with Gasteiger partial charge in [-0.15, -0.1) is 0 Å². The van der Waals surface area contributed by atoms with E-state index in [2.05, 4.69) is 10.3 Å². The minimum Gasteiger partial charge on any atom is -0.505 e. The number of anilines is 1. The molecule has 1 aliphatic heterocycles. The molecule has 0 saturated heterocycles. The molecule has 2 amide bonds. The molecular weight excluding hydrogens is 421 g/mol. The third-order valence-electron chi connectivity index (χ3n) is 5.20.